The van der Waals surface area contributed by atoms with Crippen LogP contribution in [0.1, 0.15) is 22.8 Å². The lowest BCUT2D eigenvalue weighted by Gasteiger charge is -2.08. The van der Waals surface area contributed by atoms with Crippen molar-refractivity contribution in [2.45, 2.75) is 6.92 Å². The molecule has 9 heteroatoms. The van der Waals surface area contributed by atoms with Gasteiger partial charge in [-0.05, 0) is 36.3 Å². The minimum absolute atomic E-state index is 0.0886. The van der Waals surface area contributed by atoms with E-state index < -0.39 is 22.6 Å². The molecule has 0 saturated carbocycles. The zero-order valence-electron chi connectivity index (χ0n) is 16.3. The number of non-ortho nitro benzene ring substituents is 1. The van der Waals surface area contributed by atoms with Crippen molar-refractivity contribution in [1.29, 1.82) is 0 Å². The van der Waals surface area contributed by atoms with Crippen molar-refractivity contribution < 1.29 is 23.6 Å². The van der Waals surface area contributed by atoms with Crippen LogP contribution in [0.15, 0.2) is 60.0 Å². The SMILES string of the molecule is CCOC(=O)c1c(-c2ccc(F)cc2)csc1NC(=O)/C=C/c1cccc([N+](=O)[O-])c1. The van der Waals surface area contributed by atoms with Crippen molar-refractivity contribution in [3.63, 3.8) is 0 Å². The molecule has 0 aliphatic carbocycles. The summed E-state index contributed by atoms with van der Waals surface area (Å²) in [6.07, 6.45) is 2.64. The molecule has 1 heterocycles. The average Bonchev–Trinajstić information content (AvgIpc) is 3.16. The number of amides is 1. The van der Waals surface area contributed by atoms with Crippen LogP contribution in [-0.4, -0.2) is 23.4 Å². The molecule has 0 radical (unpaired) electrons. The predicted molar refractivity (Wildman–Crippen MR) is 116 cm³/mol. The number of hydrogen-bond donors (Lipinski definition) is 1. The number of nitrogens with zero attached hydrogens (tertiary/aromatic N) is 1. The first kappa shape index (κ1) is 21.8. The fourth-order valence-electron chi connectivity index (χ4n) is 2.77. The Labute approximate surface area is 180 Å². The summed E-state index contributed by atoms with van der Waals surface area (Å²) >= 11 is 1.14. The summed E-state index contributed by atoms with van der Waals surface area (Å²) in [5.74, 6) is -1.54. The van der Waals surface area contributed by atoms with E-state index >= 15 is 0 Å². The molecule has 0 fully saturated rings. The molecule has 0 bridgehead atoms. The molecular formula is C22H17FN2O5S. The number of nitro groups is 1. The van der Waals surface area contributed by atoms with Crippen LogP contribution in [-0.2, 0) is 9.53 Å². The number of ether oxygens (including phenoxy) is 1. The lowest BCUT2D eigenvalue weighted by atomic mass is 10.0. The minimum atomic E-state index is -0.610. The Hall–Kier alpha value is -3.85. The molecule has 158 valence electrons. The van der Waals surface area contributed by atoms with Gasteiger partial charge < -0.3 is 10.1 Å². The van der Waals surface area contributed by atoms with E-state index in [1.54, 1.807) is 18.4 Å². The van der Waals surface area contributed by atoms with Crippen molar-refractivity contribution in [3.05, 3.63) is 87.0 Å². The first-order valence-electron chi connectivity index (χ1n) is 9.17. The first-order valence-corrected chi connectivity index (χ1v) is 10.0. The van der Waals surface area contributed by atoms with E-state index in [-0.39, 0.29) is 22.9 Å². The summed E-state index contributed by atoms with van der Waals surface area (Å²) in [5, 5.41) is 15.5. The summed E-state index contributed by atoms with van der Waals surface area (Å²) < 4.78 is 18.4. The third-order valence-corrected chi connectivity index (χ3v) is 5.07. The fraction of sp³-hybridized carbons (Fsp3) is 0.0909. The number of esters is 1. The summed E-state index contributed by atoms with van der Waals surface area (Å²) in [7, 11) is 0. The molecule has 1 amide bonds. The maximum Gasteiger partial charge on any atom is 0.341 e. The van der Waals surface area contributed by atoms with E-state index in [1.807, 2.05) is 0 Å². The lowest BCUT2D eigenvalue weighted by Crippen LogP contribution is -2.12. The van der Waals surface area contributed by atoms with Crippen LogP contribution in [0, 0.1) is 15.9 Å². The Morgan fingerprint density at radius 3 is 2.65 bits per heavy atom. The van der Waals surface area contributed by atoms with Gasteiger partial charge in [0.15, 0.2) is 0 Å². The molecular weight excluding hydrogens is 423 g/mol. The van der Waals surface area contributed by atoms with Crippen LogP contribution < -0.4 is 5.32 Å². The van der Waals surface area contributed by atoms with Gasteiger partial charge in [-0.25, -0.2) is 9.18 Å². The Morgan fingerprint density at radius 2 is 1.97 bits per heavy atom. The third kappa shape index (κ3) is 5.40. The topological polar surface area (TPSA) is 98.5 Å². The van der Waals surface area contributed by atoms with E-state index in [1.165, 1.54) is 54.6 Å². The van der Waals surface area contributed by atoms with Crippen molar-refractivity contribution in [2.75, 3.05) is 11.9 Å². The Balaban J connectivity index is 1.85. The average molecular weight is 440 g/mol. The predicted octanol–water partition coefficient (Wildman–Crippen LogP) is 5.29. The first-order chi connectivity index (χ1) is 14.9. The quantitative estimate of drug-likeness (QED) is 0.233. The largest absolute Gasteiger partial charge is 0.462 e. The number of carbonyl (C=O) groups excluding carboxylic acids is 2. The Morgan fingerprint density at radius 1 is 1.23 bits per heavy atom. The maximum atomic E-state index is 13.3. The molecule has 0 spiro atoms. The van der Waals surface area contributed by atoms with Gasteiger partial charge in [-0.3, -0.25) is 14.9 Å². The highest BCUT2D eigenvalue weighted by Crippen LogP contribution is 2.36. The second-order valence-electron chi connectivity index (χ2n) is 6.26. The third-order valence-electron chi connectivity index (χ3n) is 4.17. The number of thiophene rings is 1. The van der Waals surface area contributed by atoms with Crippen LogP contribution in [0.25, 0.3) is 17.2 Å². The standard InChI is InChI=1S/C22H17FN2O5S/c1-2-30-22(27)20-18(15-7-9-16(23)10-8-15)13-31-21(20)24-19(26)11-6-14-4-3-5-17(12-14)25(28)29/h3-13H,2H2,1H3,(H,24,26)/b11-6+. The fourth-order valence-corrected chi connectivity index (χ4v) is 3.73. The molecule has 2 aromatic carbocycles. The second-order valence-corrected chi connectivity index (χ2v) is 7.14. The minimum Gasteiger partial charge on any atom is -0.462 e. The molecule has 31 heavy (non-hydrogen) atoms. The van der Waals surface area contributed by atoms with Gasteiger partial charge in [-0.1, -0.05) is 24.3 Å². The van der Waals surface area contributed by atoms with Gasteiger partial charge in [0.2, 0.25) is 5.91 Å². The smallest absolute Gasteiger partial charge is 0.341 e. The number of rotatable bonds is 7. The van der Waals surface area contributed by atoms with E-state index in [2.05, 4.69) is 5.32 Å². The molecule has 3 rings (SSSR count). The van der Waals surface area contributed by atoms with Crippen molar-refractivity contribution >= 4 is 40.0 Å². The zero-order valence-corrected chi connectivity index (χ0v) is 17.1. The van der Waals surface area contributed by atoms with E-state index in [4.69, 9.17) is 4.74 Å². The van der Waals surface area contributed by atoms with Gasteiger partial charge in [0.05, 0.1) is 11.5 Å². The molecule has 1 aromatic heterocycles. The van der Waals surface area contributed by atoms with Crippen LogP contribution in [0.4, 0.5) is 15.1 Å². The second kappa shape index (κ2) is 9.77. The van der Waals surface area contributed by atoms with Crippen molar-refractivity contribution in [2.24, 2.45) is 0 Å². The molecule has 3 aromatic rings. The highest BCUT2D eigenvalue weighted by atomic mass is 32.1. The number of hydrogen-bond acceptors (Lipinski definition) is 6. The molecule has 0 aliphatic rings. The van der Waals surface area contributed by atoms with Crippen molar-refractivity contribution in [3.8, 4) is 11.1 Å². The molecule has 0 atom stereocenters. The number of carbonyl (C=O) groups is 2. The molecule has 0 unspecified atom stereocenters. The number of nitro benzene ring substituents is 1. The normalized spacial score (nSPS) is 10.8. The van der Waals surface area contributed by atoms with Gasteiger partial charge in [0.25, 0.3) is 5.69 Å². The monoisotopic (exact) mass is 440 g/mol. The van der Waals surface area contributed by atoms with Gasteiger partial charge in [-0.15, -0.1) is 11.3 Å². The Bertz CT molecular complexity index is 1150. The van der Waals surface area contributed by atoms with E-state index in [9.17, 15) is 24.1 Å². The molecule has 0 saturated heterocycles. The number of benzene rings is 2. The van der Waals surface area contributed by atoms with Gasteiger partial charge in [0.1, 0.15) is 16.4 Å². The van der Waals surface area contributed by atoms with Crippen LogP contribution in [0.2, 0.25) is 0 Å². The highest BCUT2D eigenvalue weighted by molar-refractivity contribution is 7.15. The lowest BCUT2D eigenvalue weighted by molar-refractivity contribution is -0.384. The van der Waals surface area contributed by atoms with Gasteiger partial charge >= 0.3 is 5.97 Å². The maximum absolute atomic E-state index is 13.3. The number of anilines is 1. The van der Waals surface area contributed by atoms with E-state index in [0.717, 1.165) is 11.3 Å². The van der Waals surface area contributed by atoms with E-state index in [0.29, 0.717) is 16.7 Å². The highest BCUT2D eigenvalue weighted by Gasteiger charge is 2.22. The summed E-state index contributed by atoms with van der Waals surface area (Å²) in [5.41, 5.74) is 1.69. The van der Waals surface area contributed by atoms with Crippen LogP contribution >= 0.6 is 11.3 Å². The molecule has 0 aliphatic heterocycles. The number of halogens is 1. The summed E-state index contributed by atoms with van der Waals surface area (Å²) in [4.78, 5) is 35.3. The zero-order chi connectivity index (χ0) is 22.4. The molecule has 1 N–H and O–H groups in total. The van der Waals surface area contributed by atoms with Crippen molar-refractivity contribution in [1.82, 2.24) is 0 Å². The Kier molecular flexibility index (Phi) is 6.88. The summed E-state index contributed by atoms with van der Waals surface area (Å²) in [6.45, 7) is 1.82. The van der Waals surface area contributed by atoms with Crippen LogP contribution in [0.5, 0.6) is 0 Å². The summed E-state index contributed by atoms with van der Waals surface area (Å²) in [6, 6.07) is 11.5. The number of nitrogens with one attached hydrogen (secondary N) is 1. The molecule has 7 nitrogen and oxygen atoms in total. The van der Waals surface area contributed by atoms with Gasteiger partial charge in [-0.2, -0.15) is 0 Å². The van der Waals surface area contributed by atoms with Gasteiger partial charge in [0, 0.05) is 29.2 Å². The van der Waals surface area contributed by atoms with Crippen LogP contribution in [0.3, 0.4) is 0 Å².